The van der Waals surface area contributed by atoms with Gasteiger partial charge in [-0.3, -0.25) is 0 Å². The van der Waals surface area contributed by atoms with Crippen molar-refractivity contribution in [3.8, 4) is 5.75 Å². The van der Waals surface area contributed by atoms with Crippen molar-refractivity contribution in [2.24, 2.45) is 5.73 Å². The molecule has 3 nitrogen and oxygen atoms in total. The van der Waals surface area contributed by atoms with Gasteiger partial charge in [0.25, 0.3) is 5.92 Å². The molecule has 0 saturated carbocycles. The van der Waals surface area contributed by atoms with Crippen molar-refractivity contribution in [2.75, 3.05) is 6.61 Å². The van der Waals surface area contributed by atoms with E-state index in [0.717, 1.165) is 6.07 Å². The van der Waals surface area contributed by atoms with Crippen LogP contribution in [0.1, 0.15) is 17.2 Å². The Morgan fingerprint density at radius 3 is 2.47 bits per heavy atom. The zero-order valence-corrected chi connectivity index (χ0v) is 10.5. The monoisotopic (exact) mass is 287 g/mol. The minimum absolute atomic E-state index is 0. The third kappa shape index (κ3) is 3.42. The molecule has 98 valence electrons. The van der Waals surface area contributed by atoms with Crippen LogP contribution >= 0.6 is 24.0 Å². The molecule has 17 heavy (non-hydrogen) atoms. The summed E-state index contributed by atoms with van der Waals surface area (Å²) in [7, 11) is 0. The minimum atomic E-state index is -3.51. The molecule has 0 amide bonds. The SMILES string of the molecule is Cc1cc(Cl)cc([C@H](N)C(F)(F)CO)c1O.Cl. The van der Waals surface area contributed by atoms with Gasteiger partial charge in [-0.05, 0) is 24.6 Å². The van der Waals surface area contributed by atoms with E-state index in [1.807, 2.05) is 0 Å². The standard InChI is InChI=1S/C10H12ClF2NO2.ClH/c1-5-2-6(11)3-7(8(5)16)9(14)10(12,13)4-15;/h2-3,9,15-16H,4,14H2,1H3;1H/t9-;/m0./s1. The quantitative estimate of drug-likeness (QED) is 0.800. The number of alkyl halides is 2. The number of benzene rings is 1. The summed E-state index contributed by atoms with van der Waals surface area (Å²) in [6, 6.07) is 0.803. The van der Waals surface area contributed by atoms with E-state index in [-0.39, 0.29) is 28.7 Å². The average molecular weight is 288 g/mol. The maximum absolute atomic E-state index is 13.1. The summed E-state index contributed by atoms with van der Waals surface area (Å²) in [6.45, 7) is 0.133. The number of halogens is 4. The van der Waals surface area contributed by atoms with Crippen molar-refractivity contribution in [3.63, 3.8) is 0 Å². The molecule has 7 heteroatoms. The van der Waals surface area contributed by atoms with Gasteiger partial charge in [-0.2, -0.15) is 0 Å². The molecule has 0 heterocycles. The zero-order chi connectivity index (χ0) is 12.5. The third-order valence-electron chi connectivity index (χ3n) is 2.30. The van der Waals surface area contributed by atoms with Gasteiger partial charge in [-0.25, -0.2) is 8.78 Å². The van der Waals surface area contributed by atoms with Crippen LogP contribution in [0, 0.1) is 6.92 Å². The molecule has 0 bridgehead atoms. The molecule has 0 unspecified atom stereocenters. The van der Waals surface area contributed by atoms with E-state index in [9.17, 15) is 13.9 Å². The van der Waals surface area contributed by atoms with E-state index in [0.29, 0.717) is 5.56 Å². The molecule has 1 aromatic carbocycles. The van der Waals surface area contributed by atoms with Crippen molar-refractivity contribution in [2.45, 2.75) is 18.9 Å². The largest absolute Gasteiger partial charge is 0.507 e. The number of phenolic OH excluding ortho intramolecular Hbond substituents is 1. The second kappa shape index (κ2) is 5.82. The second-order valence-corrected chi connectivity index (χ2v) is 3.99. The van der Waals surface area contributed by atoms with E-state index in [2.05, 4.69) is 0 Å². The van der Waals surface area contributed by atoms with Crippen LogP contribution in [0.15, 0.2) is 12.1 Å². The fourth-order valence-corrected chi connectivity index (χ4v) is 1.61. The van der Waals surface area contributed by atoms with E-state index in [4.69, 9.17) is 22.4 Å². The topological polar surface area (TPSA) is 66.5 Å². The van der Waals surface area contributed by atoms with Crippen LogP contribution in [-0.2, 0) is 0 Å². The molecular weight excluding hydrogens is 275 g/mol. The molecule has 4 N–H and O–H groups in total. The predicted octanol–water partition coefficient (Wildman–Crippen LogP) is 2.40. The van der Waals surface area contributed by atoms with Gasteiger partial charge >= 0.3 is 0 Å². The van der Waals surface area contributed by atoms with Gasteiger partial charge in [-0.15, -0.1) is 12.4 Å². The first kappa shape index (κ1) is 16.4. The number of hydrogen-bond donors (Lipinski definition) is 3. The summed E-state index contributed by atoms with van der Waals surface area (Å²) in [4.78, 5) is 0. The number of aryl methyl sites for hydroxylation is 1. The first-order chi connectivity index (χ1) is 7.29. The molecule has 1 rings (SSSR count). The number of aromatic hydroxyl groups is 1. The minimum Gasteiger partial charge on any atom is -0.507 e. The molecule has 0 spiro atoms. The van der Waals surface area contributed by atoms with Crippen molar-refractivity contribution in [3.05, 3.63) is 28.3 Å². The van der Waals surface area contributed by atoms with Gasteiger partial charge in [0.1, 0.15) is 18.4 Å². The van der Waals surface area contributed by atoms with Crippen LogP contribution < -0.4 is 5.73 Å². The Hall–Kier alpha value is -0.620. The van der Waals surface area contributed by atoms with Gasteiger partial charge in [-0.1, -0.05) is 11.6 Å². The molecule has 0 aliphatic rings. The second-order valence-electron chi connectivity index (χ2n) is 3.56. The number of hydrogen-bond acceptors (Lipinski definition) is 3. The third-order valence-corrected chi connectivity index (χ3v) is 2.51. The van der Waals surface area contributed by atoms with Crippen LogP contribution in [0.2, 0.25) is 5.02 Å². The Morgan fingerprint density at radius 2 is 2.00 bits per heavy atom. The highest BCUT2D eigenvalue weighted by molar-refractivity contribution is 6.30. The normalized spacial score (nSPS) is 13.1. The fourth-order valence-electron chi connectivity index (χ4n) is 1.32. The van der Waals surface area contributed by atoms with Crippen LogP contribution in [0.5, 0.6) is 5.75 Å². The Bertz CT molecular complexity index is 402. The molecule has 0 aliphatic carbocycles. The highest BCUT2D eigenvalue weighted by Crippen LogP contribution is 2.37. The van der Waals surface area contributed by atoms with E-state index in [1.54, 1.807) is 0 Å². The number of aliphatic hydroxyl groups is 1. The van der Waals surface area contributed by atoms with Crippen LogP contribution in [0.4, 0.5) is 8.78 Å². The van der Waals surface area contributed by atoms with E-state index in [1.165, 1.54) is 13.0 Å². The Labute approximate surface area is 109 Å². The lowest BCUT2D eigenvalue weighted by molar-refractivity contribution is -0.0716. The van der Waals surface area contributed by atoms with Gasteiger partial charge in [0.15, 0.2) is 0 Å². The number of aliphatic hydroxyl groups excluding tert-OH is 1. The summed E-state index contributed by atoms with van der Waals surface area (Å²) in [5.41, 5.74) is 5.47. The first-order valence-corrected chi connectivity index (χ1v) is 4.90. The Kier molecular flexibility index (Phi) is 5.61. The molecular formula is C10H13Cl2F2NO2. The molecule has 0 radical (unpaired) electrons. The highest BCUT2D eigenvalue weighted by Gasteiger charge is 2.39. The predicted molar refractivity (Wildman–Crippen MR) is 64.1 cm³/mol. The van der Waals surface area contributed by atoms with Crippen molar-refractivity contribution >= 4 is 24.0 Å². The summed E-state index contributed by atoms with van der Waals surface area (Å²) < 4.78 is 26.3. The summed E-state index contributed by atoms with van der Waals surface area (Å²) in [6.07, 6.45) is 0. The van der Waals surface area contributed by atoms with Crippen LogP contribution in [-0.4, -0.2) is 22.7 Å². The number of phenols is 1. The van der Waals surface area contributed by atoms with Gasteiger partial charge in [0, 0.05) is 10.6 Å². The first-order valence-electron chi connectivity index (χ1n) is 4.53. The molecule has 0 aromatic heterocycles. The fraction of sp³-hybridized carbons (Fsp3) is 0.400. The van der Waals surface area contributed by atoms with Gasteiger partial charge in [0.2, 0.25) is 0 Å². The summed E-state index contributed by atoms with van der Waals surface area (Å²) >= 11 is 5.69. The smallest absolute Gasteiger partial charge is 0.289 e. The summed E-state index contributed by atoms with van der Waals surface area (Å²) in [5, 5.41) is 18.3. The molecule has 0 saturated heterocycles. The lowest BCUT2D eigenvalue weighted by atomic mass is 9.98. The van der Waals surface area contributed by atoms with Gasteiger partial charge in [0.05, 0.1) is 0 Å². The molecule has 1 atom stereocenters. The maximum Gasteiger partial charge on any atom is 0.289 e. The molecule has 1 aromatic rings. The van der Waals surface area contributed by atoms with E-state index >= 15 is 0 Å². The summed E-state index contributed by atoms with van der Waals surface area (Å²) in [5.74, 6) is -3.83. The average Bonchev–Trinajstić information content (AvgIpc) is 2.22. The van der Waals surface area contributed by atoms with Crippen LogP contribution in [0.25, 0.3) is 0 Å². The van der Waals surface area contributed by atoms with Crippen molar-refractivity contribution in [1.82, 2.24) is 0 Å². The zero-order valence-electron chi connectivity index (χ0n) is 8.95. The van der Waals surface area contributed by atoms with Crippen molar-refractivity contribution in [1.29, 1.82) is 0 Å². The van der Waals surface area contributed by atoms with Crippen LogP contribution in [0.3, 0.4) is 0 Å². The number of rotatable bonds is 3. The van der Waals surface area contributed by atoms with Crippen molar-refractivity contribution < 1.29 is 19.0 Å². The highest BCUT2D eigenvalue weighted by atomic mass is 35.5. The molecule has 0 aliphatic heterocycles. The van der Waals surface area contributed by atoms with E-state index < -0.39 is 18.6 Å². The molecule has 0 fully saturated rings. The lowest BCUT2D eigenvalue weighted by Gasteiger charge is -2.23. The van der Waals surface area contributed by atoms with Gasteiger partial charge < -0.3 is 15.9 Å². The maximum atomic E-state index is 13.1. The lowest BCUT2D eigenvalue weighted by Crippen LogP contribution is -2.36. The Morgan fingerprint density at radius 1 is 1.47 bits per heavy atom. The number of nitrogens with two attached hydrogens (primary N) is 1. The Balaban J connectivity index is 0.00000256.